The van der Waals surface area contributed by atoms with Gasteiger partial charge in [-0.3, -0.25) is 4.79 Å². The van der Waals surface area contributed by atoms with Gasteiger partial charge in [-0.1, -0.05) is 6.07 Å². The van der Waals surface area contributed by atoms with E-state index in [1.54, 1.807) is 30.1 Å². The van der Waals surface area contributed by atoms with Gasteiger partial charge in [-0.15, -0.1) is 0 Å². The zero-order valence-electron chi connectivity index (χ0n) is 7.77. The van der Waals surface area contributed by atoms with Crippen molar-refractivity contribution in [2.45, 2.75) is 0 Å². The molecule has 14 heavy (non-hydrogen) atoms. The number of rotatable bonds is 3. The Balaban J connectivity index is 2.85. The Kier molecular flexibility index (Phi) is 3.02. The van der Waals surface area contributed by atoms with Gasteiger partial charge in [0.2, 0.25) is 5.91 Å². The van der Waals surface area contributed by atoms with Crippen molar-refractivity contribution in [2.24, 2.45) is 5.73 Å². The second-order valence-electron chi connectivity index (χ2n) is 2.82. The van der Waals surface area contributed by atoms with Crippen LogP contribution in [0, 0.1) is 11.3 Å². The molecule has 0 aliphatic carbocycles. The highest BCUT2D eigenvalue weighted by molar-refractivity contribution is 5.79. The molecule has 1 aromatic heterocycles. The van der Waals surface area contributed by atoms with Gasteiger partial charge in [0, 0.05) is 7.05 Å². The second-order valence-corrected chi connectivity index (χ2v) is 2.82. The number of hydrogen-bond donors (Lipinski definition) is 1. The number of primary amides is 1. The molecule has 0 aromatic carbocycles. The molecule has 1 aromatic rings. The summed E-state index contributed by atoms with van der Waals surface area (Å²) >= 11 is 0. The molecule has 5 heteroatoms. The largest absolute Gasteiger partial charge is 0.368 e. The molecular weight excluding hydrogens is 180 g/mol. The maximum absolute atomic E-state index is 10.6. The highest BCUT2D eigenvalue weighted by Crippen LogP contribution is 2.08. The van der Waals surface area contributed by atoms with Crippen LogP contribution in [0.5, 0.6) is 0 Å². The first kappa shape index (κ1) is 9.99. The van der Waals surface area contributed by atoms with E-state index >= 15 is 0 Å². The minimum Gasteiger partial charge on any atom is -0.368 e. The Bertz CT molecular complexity index is 383. The lowest BCUT2D eigenvalue weighted by Crippen LogP contribution is -2.31. The summed E-state index contributed by atoms with van der Waals surface area (Å²) in [5.41, 5.74) is 5.35. The van der Waals surface area contributed by atoms with Crippen LogP contribution >= 0.6 is 0 Å². The van der Waals surface area contributed by atoms with Gasteiger partial charge in [-0.2, -0.15) is 5.26 Å². The summed E-state index contributed by atoms with van der Waals surface area (Å²) in [6, 6.07) is 6.94. The minimum atomic E-state index is -0.434. The fourth-order valence-corrected chi connectivity index (χ4v) is 1.01. The molecule has 1 rings (SSSR count). The SMILES string of the molecule is CN(CC(N)=O)c1cccc(C#N)n1. The number of hydrogen-bond acceptors (Lipinski definition) is 4. The molecule has 1 amide bonds. The Hall–Kier alpha value is -2.09. The van der Waals surface area contributed by atoms with Crippen LogP contribution in [-0.4, -0.2) is 24.5 Å². The molecule has 0 bridgehead atoms. The third kappa shape index (κ3) is 2.45. The van der Waals surface area contributed by atoms with E-state index in [9.17, 15) is 4.79 Å². The first-order valence-corrected chi connectivity index (χ1v) is 4.00. The quantitative estimate of drug-likeness (QED) is 0.720. The summed E-state index contributed by atoms with van der Waals surface area (Å²) in [6.07, 6.45) is 0. The van der Waals surface area contributed by atoms with Gasteiger partial charge in [0.25, 0.3) is 0 Å². The monoisotopic (exact) mass is 190 g/mol. The van der Waals surface area contributed by atoms with Crippen molar-refractivity contribution in [1.82, 2.24) is 4.98 Å². The molecule has 0 fully saturated rings. The molecule has 72 valence electrons. The highest BCUT2D eigenvalue weighted by Gasteiger charge is 2.05. The van der Waals surface area contributed by atoms with Crippen molar-refractivity contribution >= 4 is 11.7 Å². The molecule has 1 heterocycles. The molecule has 0 saturated carbocycles. The molecule has 0 radical (unpaired) electrons. The van der Waals surface area contributed by atoms with Crippen LogP contribution in [0.1, 0.15) is 5.69 Å². The van der Waals surface area contributed by atoms with Crippen molar-refractivity contribution in [3.05, 3.63) is 23.9 Å². The maximum Gasteiger partial charge on any atom is 0.236 e. The summed E-state index contributed by atoms with van der Waals surface area (Å²) in [5, 5.41) is 8.60. The number of pyridine rings is 1. The van der Waals surface area contributed by atoms with Crippen LogP contribution in [0.3, 0.4) is 0 Å². The summed E-state index contributed by atoms with van der Waals surface area (Å²) < 4.78 is 0. The van der Waals surface area contributed by atoms with E-state index < -0.39 is 5.91 Å². The number of amides is 1. The normalized spacial score (nSPS) is 9.14. The van der Waals surface area contributed by atoms with E-state index in [1.165, 1.54) is 0 Å². The van der Waals surface area contributed by atoms with Crippen molar-refractivity contribution in [3.63, 3.8) is 0 Å². The zero-order chi connectivity index (χ0) is 10.6. The Morgan fingerprint density at radius 3 is 3.00 bits per heavy atom. The highest BCUT2D eigenvalue weighted by atomic mass is 16.1. The molecular formula is C9H10N4O. The molecule has 0 atom stereocenters. The minimum absolute atomic E-state index is 0.0852. The van der Waals surface area contributed by atoms with Crippen molar-refractivity contribution in [2.75, 3.05) is 18.5 Å². The molecule has 0 aliphatic rings. The zero-order valence-corrected chi connectivity index (χ0v) is 7.77. The van der Waals surface area contributed by atoms with E-state index in [0.29, 0.717) is 11.5 Å². The molecule has 5 nitrogen and oxygen atoms in total. The van der Waals surface area contributed by atoms with Gasteiger partial charge < -0.3 is 10.6 Å². The molecule has 0 unspecified atom stereocenters. The lowest BCUT2D eigenvalue weighted by molar-refractivity contribution is -0.116. The Morgan fingerprint density at radius 2 is 2.43 bits per heavy atom. The van der Waals surface area contributed by atoms with E-state index in [-0.39, 0.29) is 6.54 Å². The van der Waals surface area contributed by atoms with E-state index in [0.717, 1.165) is 0 Å². The predicted octanol–water partition coefficient (Wildman–Crippen LogP) is -0.125. The van der Waals surface area contributed by atoms with Gasteiger partial charge in [-0.25, -0.2) is 4.98 Å². The van der Waals surface area contributed by atoms with Crippen LogP contribution in [0.4, 0.5) is 5.82 Å². The average Bonchev–Trinajstić information content (AvgIpc) is 2.17. The molecule has 2 N–H and O–H groups in total. The predicted molar refractivity (Wildman–Crippen MR) is 51.4 cm³/mol. The molecule has 0 spiro atoms. The summed E-state index contributed by atoms with van der Waals surface area (Å²) in [5.74, 6) is 0.125. The number of likely N-dealkylation sites (N-methyl/N-ethyl adjacent to an activating group) is 1. The number of carbonyl (C=O) groups excluding carboxylic acids is 1. The van der Waals surface area contributed by atoms with E-state index in [4.69, 9.17) is 11.0 Å². The Morgan fingerprint density at radius 1 is 1.71 bits per heavy atom. The first-order valence-electron chi connectivity index (χ1n) is 4.00. The second kappa shape index (κ2) is 4.23. The number of nitriles is 1. The lowest BCUT2D eigenvalue weighted by Gasteiger charge is -2.15. The number of aromatic nitrogens is 1. The fourth-order valence-electron chi connectivity index (χ4n) is 1.01. The Labute approximate surface area is 81.8 Å². The van der Waals surface area contributed by atoms with Crippen molar-refractivity contribution in [3.8, 4) is 6.07 Å². The van der Waals surface area contributed by atoms with Crippen LogP contribution in [0.15, 0.2) is 18.2 Å². The number of carbonyl (C=O) groups is 1. The van der Waals surface area contributed by atoms with Gasteiger partial charge >= 0.3 is 0 Å². The van der Waals surface area contributed by atoms with Crippen LogP contribution in [0.2, 0.25) is 0 Å². The summed E-state index contributed by atoms with van der Waals surface area (Å²) in [6.45, 7) is 0.0852. The smallest absolute Gasteiger partial charge is 0.236 e. The number of nitrogens with two attached hydrogens (primary N) is 1. The van der Waals surface area contributed by atoms with Crippen molar-refractivity contribution < 1.29 is 4.79 Å². The van der Waals surface area contributed by atoms with Crippen LogP contribution in [-0.2, 0) is 4.79 Å². The maximum atomic E-state index is 10.6. The lowest BCUT2D eigenvalue weighted by atomic mass is 10.3. The summed E-state index contributed by atoms with van der Waals surface area (Å²) in [7, 11) is 1.69. The van der Waals surface area contributed by atoms with Gasteiger partial charge in [0.05, 0.1) is 6.54 Å². The van der Waals surface area contributed by atoms with Crippen molar-refractivity contribution in [1.29, 1.82) is 5.26 Å². The van der Waals surface area contributed by atoms with Gasteiger partial charge in [0.1, 0.15) is 17.6 Å². The average molecular weight is 190 g/mol. The third-order valence-electron chi connectivity index (χ3n) is 1.63. The number of nitrogens with zero attached hydrogens (tertiary/aromatic N) is 3. The topological polar surface area (TPSA) is 83.0 Å². The van der Waals surface area contributed by atoms with Crippen LogP contribution in [0.25, 0.3) is 0 Å². The fraction of sp³-hybridized carbons (Fsp3) is 0.222. The van der Waals surface area contributed by atoms with E-state index in [2.05, 4.69) is 4.98 Å². The van der Waals surface area contributed by atoms with Gasteiger partial charge in [0.15, 0.2) is 0 Å². The van der Waals surface area contributed by atoms with Gasteiger partial charge in [-0.05, 0) is 12.1 Å². The molecule has 0 aliphatic heterocycles. The third-order valence-corrected chi connectivity index (χ3v) is 1.63. The standard InChI is InChI=1S/C9H10N4O/c1-13(6-8(11)14)9-4-2-3-7(5-10)12-9/h2-4H,6H2,1H3,(H2,11,14). The summed E-state index contributed by atoms with van der Waals surface area (Å²) in [4.78, 5) is 16.2. The number of anilines is 1. The van der Waals surface area contributed by atoms with E-state index in [1.807, 2.05) is 6.07 Å². The first-order chi connectivity index (χ1) is 6.63. The molecule has 0 saturated heterocycles. The van der Waals surface area contributed by atoms with Crippen LogP contribution < -0.4 is 10.6 Å².